The minimum atomic E-state index is -0.916. The Morgan fingerprint density at radius 1 is 1.69 bits per heavy atom. The van der Waals surface area contributed by atoms with E-state index >= 15 is 0 Å². The molecule has 1 amide bonds. The molecule has 1 unspecified atom stereocenters. The number of primary amides is 1. The first-order valence-corrected chi connectivity index (χ1v) is 5.97. The maximum Gasteiger partial charge on any atom is 0.237 e. The predicted octanol–water partition coefficient (Wildman–Crippen LogP) is -0.110. The molecule has 1 atom stereocenters. The van der Waals surface area contributed by atoms with E-state index in [0.717, 1.165) is 17.3 Å². The molecule has 0 spiro atoms. The SMILES string of the molecule is Cn1ncnc1SCCCC(C)(N)C(N)=O. The van der Waals surface area contributed by atoms with E-state index in [4.69, 9.17) is 11.5 Å². The number of aryl methyl sites for hydroxylation is 1. The molecule has 4 N–H and O–H groups in total. The lowest BCUT2D eigenvalue weighted by Crippen LogP contribution is -2.49. The summed E-state index contributed by atoms with van der Waals surface area (Å²) in [6.07, 6.45) is 2.90. The van der Waals surface area contributed by atoms with Gasteiger partial charge >= 0.3 is 0 Å². The molecule has 16 heavy (non-hydrogen) atoms. The fraction of sp³-hybridized carbons (Fsp3) is 0.667. The van der Waals surface area contributed by atoms with Gasteiger partial charge in [-0.2, -0.15) is 5.10 Å². The van der Waals surface area contributed by atoms with E-state index in [9.17, 15) is 4.79 Å². The largest absolute Gasteiger partial charge is 0.368 e. The maximum atomic E-state index is 11.0. The van der Waals surface area contributed by atoms with Crippen molar-refractivity contribution in [1.29, 1.82) is 0 Å². The third-order valence-corrected chi connectivity index (χ3v) is 3.42. The monoisotopic (exact) mass is 243 g/mol. The molecule has 1 aromatic heterocycles. The van der Waals surface area contributed by atoms with Gasteiger partial charge in [-0.1, -0.05) is 11.8 Å². The van der Waals surface area contributed by atoms with Crippen LogP contribution in [0.25, 0.3) is 0 Å². The summed E-state index contributed by atoms with van der Waals surface area (Å²) >= 11 is 1.59. The molecule has 90 valence electrons. The highest BCUT2D eigenvalue weighted by molar-refractivity contribution is 7.99. The van der Waals surface area contributed by atoms with E-state index in [1.807, 2.05) is 7.05 Å². The molecular formula is C9H17N5OS. The van der Waals surface area contributed by atoms with Crippen molar-refractivity contribution in [2.75, 3.05) is 5.75 Å². The Hall–Kier alpha value is -1.08. The third-order valence-electron chi connectivity index (χ3n) is 2.30. The fourth-order valence-corrected chi connectivity index (χ4v) is 1.97. The Morgan fingerprint density at radius 3 is 2.88 bits per heavy atom. The van der Waals surface area contributed by atoms with Crippen molar-refractivity contribution in [1.82, 2.24) is 14.8 Å². The minimum Gasteiger partial charge on any atom is -0.368 e. The molecule has 1 aromatic rings. The van der Waals surface area contributed by atoms with Gasteiger partial charge in [0, 0.05) is 12.8 Å². The quantitative estimate of drug-likeness (QED) is 0.536. The van der Waals surface area contributed by atoms with Gasteiger partial charge in [0.1, 0.15) is 6.33 Å². The van der Waals surface area contributed by atoms with Crippen molar-refractivity contribution >= 4 is 17.7 Å². The second-order valence-electron chi connectivity index (χ2n) is 3.90. The van der Waals surface area contributed by atoms with E-state index < -0.39 is 11.4 Å². The standard InChI is InChI=1S/C9H17N5OS/c1-9(11,7(10)15)4-3-5-16-8-12-6-13-14(8)2/h6H,3-5,11H2,1-2H3,(H2,10,15). The second-order valence-corrected chi connectivity index (χ2v) is 4.96. The smallest absolute Gasteiger partial charge is 0.237 e. The summed E-state index contributed by atoms with van der Waals surface area (Å²) in [6.45, 7) is 1.66. The lowest BCUT2D eigenvalue weighted by molar-refractivity contribution is -0.122. The van der Waals surface area contributed by atoms with E-state index in [1.165, 1.54) is 6.33 Å². The number of nitrogens with two attached hydrogens (primary N) is 2. The van der Waals surface area contributed by atoms with E-state index in [-0.39, 0.29) is 0 Å². The van der Waals surface area contributed by atoms with Gasteiger partial charge in [0.25, 0.3) is 0 Å². The van der Waals surface area contributed by atoms with Gasteiger partial charge in [-0.25, -0.2) is 9.67 Å². The highest BCUT2D eigenvalue weighted by Gasteiger charge is 2.24. The molecule has 7 heteroatoms. The van der Waals surface area contributed by atoms with Crippen LogP contribution in [0.15, 0.2) is 11.5 Å². The molecule has 0 aliphatic rings. The first-order chi connectivity index (χ1) is 7.43. The molecular weight excluding hydrogens is 226 g/mol. The van der Waals surface area contributed by atoms with Crippen LogP contribution < -0.4 is 11.5 Å². The van der Waals surface area contributed by atoms with Gasteiger partial charge in [-0.15, -0.1) is 0 Å². The van der Waals surface area contributed by atoms with Crippen molar-refractivity contribution in [3.05, 3.63) is 6.33 Å². The molecule has 1 heterocycles. The summed E-state index contributed by atoms with van der Waals surface area (Å²) in [7, 11) is 1.84. The Balaban J connectivity index is 2.27. The zero-order valence-electron chi connectivity index (χ0n) is 9.51. The highest BCUT2D eigenvalue weighted by atomic mass is 32.2. The van der Waals surface area contributed by atoms with Gasteiger partial charge in [0.05, 0.1) is 5.54 Å². The van der Waals surface area contributed by atoms with Crippen LogP contribution in [-0.2, 0) is 11.8 Å². The summed E-state index contributed by atoms with van der Waals surface area (Å²) in [5.41, 5.74) is 9.99. The number of amides is 1. The number of nitrogens with zero attached hydrogens (tertiary/aromatic N) is 3. The number of hydrogen-bond donors (Lipinski definition) is 2. The topological polar surface area (TPSA) is 99.8 Å². The molecule has 1 rings (SSSR count). The van der Waals surface area contributed by atoms with Crippen LogP contribution in [0.4, 0.5) is 0 Å². The van der Waals surface area contributed by atoms with Crippen molar-refractivity contribution < 1.29 is 4.79 Å². The molecule has 0 saturated carbocycles. The third kappa shape index (κ3) is 3.49. The number of rotatable bonds is 6. The normalized spacial score (nSPS) is 14.7. The average Bonchev–Trinajstić information content (AvgIpc) is 2.59. The minimum absolute atomic E-state index is 0.462. The molecule has 0 saturated heterocycles. The van der Waals surface area contributed by atoms with Gasteiger partial charge in [0.2, 0.25) is 5.91 Å². The average molecular weight is 243 g/mol. The van der Waals surface area contributed by atoms with Crippen LogP contribution in [-0.4, -0.2) is 32.0 Å². The molecule has 6 nitrogen and oxygen atoms in total. The Bertz CT molecular complexity index is 363. The van der Waals surface area contributed by atoms with Gasteiger partial charge < -0.3 is 11.5 Å². The predicted molar refractivity (Wildman–Crippen MR) is 62.7 cm³/mol. The van der Waals surface area contributed by atoms with E-state index in [2.05, 4.69) is 10.1 Å². The fourth-order valence-electron chi connectivity index (χ4n) is 1.14. The first kappa shape index (κ1) is 13.0. The number of thioether (sulfide) groups is 1. The number of carbonyl (C=O) groups is 1. The lowest BCUT2D eigenvalue weighted by atomic mass is 9.97. The number of aromatic nitrogens is 3. The zero-order chi connectivity index (χ0) is 12.2. The van der Waals surface area contributed by atoms with Gasteiger partial charge in [-0.3, -0.25) is 4.79 Å². The van der Waals surface area contributed by atoms with Gasteiger partial charge in [0.15, 0.2) is 5.16 Å². The summed E-state index contributed by atoms with van der Waals surface area (Å²) in [5.74, 6) is 0.378. The molecule has 0 bridgehead atoms. The zero-order valence-corrected chi connectivity index (χ0v) is 10.3. The molecule has 0 aromatic carbocycles. The summed E-state index contributed by atoms with van der Waals surface area (Å²) in [5, 5.41) is 4.82. The van der Waals surface area contributed by atoms with Crippen LogP contribution >= 0.6 is 11.8 Å². The van der Waals surface area contributed by atoms with Crippen LogP contribution in [0.2, 0.25) is 0 Å². The molecule has 0 radical (unpaired) electrons. The highest BCUT2D eigenvalue weighted by Crippen LogP contribution is 2.17. The van der Waals surface area contributed by atoms with Crippen molar-refractivity contribution in [3.8, 4) is 0 Å². The molecule has 0 aliphatic heterocycles. The Morgan fingerprint density at radius 2 is 2.38 bits per heavy atom. The van der Waals surface area contributed by atoms with Crippen LogP contribution in [0.5, 0.6) is 0 Å². The number of carbonyl (C=O) groups excluding carboxylic acids is 1. The first-order valence-electron chi connectivity index (χ1n) is 4.99. The van der Waals surface area contributed by atoms with Gasteiger partial charge in [-0.05, 0) is 19.8 Å². The van der Waals surface area contributed by atoms with Crippen molar-refractivity contribution in [2.24, 2.45) is 18.5 Å². The Labute approximate surface area is 98.8 Å². The number of hydrogen-bond acceptors (Lipinski definition) is 5. The van der Waals surface area contributed by atoms with E-state index in [1.54, 1.807) is 23.4 Å². The molecule has 0 aliphatic carbocycles. The molecule has 0 fully saturated rings. The lowest BCUT2D eigenvalue weighted by Gasteiger charge is -2.19. The summed E-state index contributed by atoms with van der Waals surface area (Å²) in [6, 6.07) is 0. The maximum absolute atomic E-state index is 11.0. The summed E-state index contributed by atoms with van der Waals surface area (Å²) < 4.78 is 1.71. The van der Waals surface area contributed by atoms with Crippen LogP contribution in [0, 0.1) is 0 Å². The summed E-state index contributed by atoms with van der Waals surface area (Å²) in [4.78, 5) is 15.0. The van der Waals surface area contributed by atoms with Crippen LogP contribution in [0.1, 0.15) is 19.8 Å². The Kier molecular flexibility index (Phi) is 4.31. The van der Waals surface area contributed by atoms with Crippen LogP contribution in [0.3, 0.4) is 0 Å². The van der Waals surface area contributed by atoms with E-state index in [0.29, 0.717) is 6.42 Å². The van der Waals surface area contributed by atoms with Crippen molar-refractivity contribution in [3.63, 3.8) is 0 Å². The van der Waals surface area contributed by atoms with Crippen molar-refractivity contribution in [2.45, 2.75) is 30.5 Å². The second kappa shape index (κ2) is 5.31.